The zero-order chi connectivity index (χ0) is 20.1. The molecule has 0 bridgehead atoms. The van der Waals surface area contributed by atoms with E-state index in [1.165, 1.54) is 0 Å². The summed E-state index contributed by atoms with van der Waals surface area (Å²) in [6.07, 6.45) is 0.122. The number of hydrogen-bond donors (Lipinski definition) is 1. The van der Waals surface area contributed by atoms with Crippen LogP contribution in [0.2, 0.25) is 0 Å². The molecule has 1 amide bonds. The minimum atomic E-state index is -4.58. The standard InChI is InChI=1S/C19H17F3N4O2/c20-19(21,22)15-4-7-18(28)25(12-15)13-17(27)23-10-8-14-2-5-16(6-3-14)26-11-1-9-24-26/h1-7,9,11-12H,8,10,13H2,(H,23,27). The molecule has 0 atom stereocenters. The van der Waals surface area contributed by atoms with Gasteiger partial charge in [0.15, 0.2) is 0 Å². The Morgan fingerprint density at radius 2 is 1.86 bits per heavy atom. The Hall–Kier alpha value is -3.36. The highest BCUT2D eigenvalue weighted by atomic mass is 19.4. The fraction of sp³-hybridized carbons (Fsp3) is 0.211. The van der Waals surface area contributed by atoms with Crippen LogP contribution in [0.4, 0.5) is 13.2 Å². The number of pyridine rings is 1. The first-order valence-corrected chi connectivity index (χ1v) is 8.46. The van der Waals surface area contributed by atoms with Gasteiger partial charge >= 0.3 is 6.18 Å². The van der Waals surface area contributed by atoms with E-state index in [4.69, 9.17) is 0 Å². The van der Waals surface area contributed by atoms with Crippen LogP contribution >= 0.6 is 0 Å². The highest BCUT2D eigenvalue weighted by molar-refractivity contribution is 5.75. The topological polar surface area (TPSA) is 68.9 Å². The molecule has 28 heavy (non-hydrogen) atoms. The molecule has 3 rings (SSSR count). The Morgan fingerprint density at radius 3 is 2.50 bits per heavy atom. The van der Waals surface area contributed by atoms with E-state index in [0.717, 1.165) is 21.9 Å². The van der Waals surface area contributed by atoms with E-state index < -0.39 is 29.8 Å². The van der Waals surface area contributed by atoms with Crippen molar-refractivity contribution in [3.05, 3.63) is 82.5 Å². The maximum Gasteiger partial charge on any atom is 0.417 e. The molecular weight excluding hydrogens is 373 g/mol. The summed E-state index contributed by atoms with van der Waals surface area (Å²) in [6.45, 7) is -0.172. The number of carbonyl (C=O) groups is 1. The molecular formula is C19H17F3N4O2. The van der Waals surface area contributed by atoms with E-state index in [1.807, 2.05) is 36.5 Å². The molecule has 0 spiro atoms. The largest absolute Gasteiger partial charge is 0.417 e. The van der Waals surface area contributed by atoms with Crippen LogP contribution in [-0.2, 0) is 23.9 Å². The van der Waals surface area contributed by atoms with Crippen molar-refractivity contribution in [2.45, 2.75) is 19.1 Å². The average molecular weight is 390 g/mol. The summed E-state index contributed by atoms with van der Waals surface area (Å²) in [5.74, 6) is -0.533. The number of aromatic nitrogens is 3. The first-order valence-electron chi connectivity index (χ1n) is 8.46. The lowest BCUT2D eigenvalue weighted by molar-refractivity contribution is -0.138. The van der Waals surface area contributed by atoms with E-state index in [1.54, 1.807) is 10.9 Å². The van der Waals surface area contributed by atoms with Crippen LogP contribution < -0.4 is 10.9 Å². The maximum atomic E-state index is 12.7. The summed E-state index contributed by atoms with van der Waals surface area (Å²) in [5, 5.41) is 6.74. The minimum absolute atomic E-state index is 0.299. The van der Waals surface area contributed by atoms with E-state index in [-0.39, 0.29) is 0 Å². The highest BCUT2D eigenvalue weighted by Crippen LogP contribution is 2.27. The van der Waals surface area contributed by atoms with Gasteiger partial charge in [0, 0.05) is 31.2 Å². The summed E-state index contributed by atoms with van der Waals surface area (Å²) in [6, 6.07) is 10.9. The molecule has 0 aliphatic carbocycles. The molecule has 0 aliphatic rings. The van der Waals surface area contributed by atoms with Crippen molar-refractivity contribution in [1.82, 2.24) is 19.7 Å². The van der Waals surface area contributed by atoms with Gasteiger partial charge in [-0.2, -0.15) is 18.3 Å². The molecule has 0 aliphatic heterocycles. The third-order valence-electron chi connectivity index (χ3n) is 4.07. The van der Waals surface area contributed by atoms with Crippen molar-refractivity contribution < 1.29 is 18.0 Å². The second-order valence-electron chi connectivity index (χ2n) is 6.10. The Bertz CT molecular complexity index is 993. The second-order valence-corrected chi connectivity index (χ2v) is 6.10. The van der Waals surface area contributed by atoms with E-state index in [2.05, 4.69) is 10.4 Å². The zero-order valence-corrected chi connectivity index (χ0v) is 14.7. The summed E-state index contributed by atoms with van der Waals surface area (Å²) in [4.78, 5) is 23.6. The van der Waals surface area contributed by atoms with Gasteiger partial charge in [0.2, 0.25) is 5.91 Å². The van der Waals surface area contributed by atoms with E-state index in [0.29, 0.717) is 25.2 Å². The van der Waals surface area contributed by atoms with E-state index in [9.17, 15) is 22.8 Å². The SMILES string of the molecule is O=C(Cn1cc(C(F)(F)F)ccc1=O)NCCc1ccc(-n2cccn2)cc1. The van der Waals surface area contributed by atoms with Gasteiger partial charge in [-0.15, -0.1) is 0 Å². The number of nitrogens with zero attached hydrogens (tertiary/aromatic N) is 3. The zero-order valence-electron chi connectivity index (χ0n) is 14.7. The first kappa shape index (κ1) is 19.4. The van der Waals surface area contributed by atoms with Gasteiger partial charge in [-0.1, -0.05) is 12.1 Å². The van der Waals surface area contributed by atoms with Gasteiger partial charge in [-0.25, -0.2) is 4.68 Å². The van der Waals surface area contributed by atoms with Crippen molar-refractivity contribution in [3.8, 4) is 5.69 Å². The summed E-state index contributed by atoms with van der Waals surface area (Å²) >= 11 is 0. The summed E-state index contributed by atoms with van der Waals surface area (Å²) < 4.78 is 40.6. The van der Waals surface area contributed by atoms with Crippen LogP contribution in [0.3, 0.4) is 0 Å². The molecule has 0 unspecified atom stereocenters. The fourth-order valence-corrected chi connectivity index (χ4v) is 2.62. The number of amides is 1. The molecule has 3 aromatic rings. The molecule has 1 N–H and O–H groups in total. The number of carbonyl (C=O) groups excluding carboxylic acids is 1. The average Bonchev–Trinajstić information content (AvgIpc) is 3.18. The van der Waals surface area contributed by atoms with Gasteiger partial charge in [-0.05, 0) is 36.2 Å². The second kappa shape index (κ2) is 8.12. The lowest BCUT2D eigenvalue weighted by Crippen LogP contribution is -2.33. The van der Waals surface area contributed by atoms with Crippen molar-refractivity contribution in [1.29, 1.82) is 0 Å². The molecule has 1 aromatic carbocycles. The summed E-state index contributed by atoms with van der Waals surface area (Å²) in [7, 11) is 0. The van der Waals surface area contributed by atoms with Crippen LogP contribution in [0.25, 0.3) is 5.69 Å². The molecule has 0 saturated carbocycles. The predicted molar refractivity (Wildman–Crippen MR) is 96.0 cm³/mol. The lowest BCUT2D eigenvalue weighted by Gasteiger charge is -2.11. The van der Waals surface area contributed by atoms with Gasteiger partial charge in [-0.3, -0.25) is 9.59 Å². The smallest absolute Gasteiger partial charge is 0.354 e. The molecule has 0 fully saturated rings. The third kappa shape index (κ3) is 4.87. The maximum absolute atomic E-state index is 12.7. The van der Waals surface area contributed by atoms with Crippen molar-refractivity contribution in [2.24, 2.45) is 0 Å². The van der Waals surface area contributed by atoms with Gasteiger partial charge < -0.3 is 9.88 Å². The summed E-state index contributed by atoms with van der Waals surface area (Å²) in [5.41, 5.74) is 0.240. The molecule has 6 nitrogen and oxygen atoms in total. The Labute approximate surface area is 158 Å². The Kier molecular flexibility index (Phi) is 5.62. The number of benzene rings is 1. The highest BCUT2D eigenvalue weighted by Gasteiger charge is 2.31. The number of alkyl halides is 3. The number of halogens is 3. The van der Waals surface area contributed by atoms with Gasteiger partial charge in [0.1, 0.15) is 6.54 Å². The van der Waals surface area contributed by atoms with Crippen LogP contribution in [0.15, 0.2) is 65.8 Å². The van der Waals surface area contributed by atoms with Crippen LogP contribution in [0.5, 0.6) is 0 Å². The number of hydrogen-bond acceptors (Lipinski definition) is 3. The molecule has 2 aromatic heterocycles. The van der Waals surface area contributed by atoms with Gasteiger partial charge in [0.05, 0.1) is 11.3 Å². The fourth-order valence-electron chi connectivity index (χ4n) is 2.62. The quantitative estimate of drug-likeness (QED) is 0.703. The lowest BCUT2D eigenvalue weighted by atomic mass is 10.1. The number of nitrogens with one attached hydrogen (secondary N) is 1. The van der Waals surface area contributed by atoms with Crippen LogP contribution in [-0.4, -0.2) is 26.8 Å². The first-order chi connectivity index (χ1) is 13.3. The Morgan fingerprint density at radius 1 is 1.11 bits per heavy atom. The number of rotatable bonds is 6. The molecule has 0 radical (unpaired) electrons. The molecule has 146 valence electrons. The van der Waals surface area contributed by atoms with Crippen LogP contribution in [0, 0.1) is 0 Å². The van der Waals surface area contributed by atoms with Crippen LogP contribution in [0.1, 0.15) is 11.1 Å². The molecule has 0 saturated heterocycles. The molecule has 2 heterocycles. The van der Waals surface area contributed by atoms with Crippen molar-refractivity contribution in [3.63, 3.8) is 0 Å². The normalized spacial score (nSPS) is 11.4. The Balaban J connectivity index is 1.53. The predicted octanol–water partition coefficient (Wildman–Crippen LogP) is 2.41. The van der Waals surface area contributed by atoms with Gasteiger partial charge in [0.25, 0.3) is 5.56 Å². The van der Waals surface area contributed by atoms with E-state index >= 15 is 0 Å². The van der Waals surface area contributed by atoms with Crippen molar-refractivity contribution >= 4 is 5.91 Å². The third-order valence-corrected chi connectivity index (χ3v) is 4.07. The monoisotopic (exact) mass is 390 g/mol. The minimum Gasteiger partial charge on any atom is -0.354 e. The van der Waals surface area contributed by atoms with Crippen molar-refractivity contribution in [2.75, 3.05) is 6.54 Å². The molecule has 9 heteroatoms.